The first-order chi connectivity index (χ1) is 9.41. The molecule has 6 heteroatoms. The summed E-state index contributed by atoms with van der Waals surface area (Å²) in [5, 5.41) is 9.22. The maximum atomic E-state index is 13.8. The minimum absolute atomic E-state index is 0.0858. The fourth-order valence-electron chi connectivity index (χ4n) is 1.71. The number of ketones is 1. The lowest BCUT2D eigenvalue weighted by Crippen LogP contribution is -2.11. The molecule has 20 heavy (non-hydrogen) atoms. The van der Waals surface area contributed by atoms with Gasteiger partial charge in [-0.3, -0.25) is 4.79 Å². The van der Waals surface area contributed by atoms with Crippen LogP contribution in [0.25, 0.3) is 0 Å². The Kier molecular flexibility index (Phi) is 4.20. The first-order valence-corrected chi connectivity index (χ1v) is 6.60. The molecule has 0 fully saturated rings. The Bertz CT molecular complexity index is 716. The molecule has 0 saturated heterocycles. The Balaban J connectivity index is 2.58. The molecule has 0 heterocycles. The van der Waals surface area contributed by atoms with E-state index in [1.54, 1.807) is 0 Å². The summed E-state index contributed by atoms with van der Waals surface area (Å²) in [7, 11) is 0. The maximum Gasteiger partial charge on any atom is 0.336 e. The van der Waals surface area contributed by atoms with Crippen LogP contribution in [0.1, 0.15) is 26.3 Å². The van der Waals surface area contributed by atoms with Crippen molar-refractivity contribution in [3.8, 4) is 0 Å². The van der Waals surface area contributed by atoms with Crippen LogP contribution in [0, 0.1) is 5.82 Å². The average Bonchev–Trinajstić information content (AvgIpc) is 2.42. The Morgan fingerprint density at radius 3 is 2.30 bits per heavy atom. The fraction of sp³-hybridized carbons (Fsp3) is 0. The average molecular weight is 358 g/mol. The van der Waals surface area contributed by atoms with Gasteiger partial charge in [0.25, 0.3) is 0 Å². The van der Waals surface area contributed by atoms with Crippen LogP contribution >= 0.6 is 27.5 Å². The van der Waals surface area contributed by atoms with E-state index in [0.29, 0.717) is 4.47 Å². The number of hydrogen-bond acceptors (Lipinski definition) is 2. The van der Waals surface area contributed by atoms with Crippen LogP contribution < -0.4 is 0 Å². The first kappa shape index (κ1) is 14.7. The second-order valence-electron chi connectivity index (χ2n) is 3.93. The summed E-state index contributed by atoms with van der Waals surface area (Å²) in [4.78, 5) is 23.4. The van der Waals surface area contributed by atoms with Crippen LogP contribution in [0.2, 0.25) is 5.02 Å². The van der Waals surface area contributed by atoms with E-state index in [1.807, 2.05) is 0 Å². The molecule has 2 aromatic carbocycles. The molecule has 1 N–H and O–H groups in total. The van der Waals surface area contributed by atoms with Crippen LogP contribution in [-0.4, -0.2) is 16.9 Å². The highest BCUT2D eigenvalue weighted by molar-refractivity contribution is 9.10. The van der Waals surface area contributed by atoms with Gasteiger partial charge in [-0.05, 0) is 34.1 Å². The van der Waals surface area contributed by atoms with Crippen LogP contribution in [-0.2, 0) is 0 Å². The van der Waals surface area contributed by atoms with Crippen molar-refractivity contribution in [3.05, 3.63) is 68.4 Å². The summed E-state index contributed by atoms with van der Waals surface area (Å²) in [6, 6.07) is 7.86. The van der Waals surface area contributed by atoms with E-state index < -0.39 is 17.6 Å². The molecular weight excluding hydrogens is 351 g/mol. The van der Waals surface area contributed by atoms with E-state index in [9.17, 15) is 14.0 Å². The Morgan fingerprint density at radius 1 is 1.10 bits per heavy atom. The van der Waals surface area contributed by atoms with Gasteiger partial charge in [-0.15, -0.1) is 0 Å². The number of hydrogen-bond donors (Lipinski definition) is 1. The highest BCUT2D eigenvalue weighted by Gasteiger charge is 2.21. The summed E-state index contributed by atoms with van der Waals surface area (Å²) in [6.45, 7) is 0. The van der Waals surface area contributed by atoms with Gasteiger partial charge in [0.05, 0.1) is 16.1 Å². The van der Waals surface area contributed by atoms with Gasteiger partial charge >= 0.3 is 5.97 Å². The number of carbonyl (C=O) groups excluding carboxylic acids is 1. The van der Waals surface area contributed by atoms with Crippen molar-refractivity contribution in [1.82, 2.24) is 0 Å². The van der Waals surface area contributed by atoms with Crippen LogP contribution in [0.4, 0.5) is 4.39 Å². The van der Waals surface area contributed by atoms with Crippen molar-refractivity contribution in [2.75, 3.05) is 0 Å². The molecule has 0 bridgehead atoms. The van der Waals surface area contributed by atoms with Crippen molar-refractivity contribution in [2.24, 2.45) is 0 Å². The van der Waals surface area contributed by atoms with E-state index >= 15 is 0 Å². The Morgan fingerprint density at radius 2 is 1.70 bits per heavy atom. The molecule has 3 nitrogen and oxygen atoms in total. The second-order valence-corrected chi connectivity index (χ2v) is 5.19. The monoisotopic (exact) mass is 356 g/mol. The normalized spacial score (nSPS) is 10.3. The predicted octanol–water partition coefficient (Wildman–Crippen LogP) is 4.17. The van der Waals surface area contributed by atoms with Crippen molar-refractivity contribution in [1.29, 1.82) is 0 Å². The summed E-state index contributed by atoms with van der Waals surface area (Å²) in [5.74, 6) is -2.75. The number of rotatable bonds is 3. The van der Waals surface area contributed by atoms with Crippen molar-refractivity contribution in [3.63, 3.8) is 0 Å². The van der Waals surface area contributed by atoms with Crippen molar-refractivity contribution in [2.45, 2.75) is 0 Å². The molecule has 0 aromatic heterocycles. The summed E-state index contributed by atoms with van der Waals surface area (Å²) >= 11 is 8.88. The molecule has 0 aliphatic carbocycles. The molecule has 0 spiro atoms. The smallest absolute Gasteiger partial charge is 0.336 e. The third-order valence-electron chi connectivity index (χ3n) is 2.66. The van der Waals surface area contributed by atoms with E-state index in [-0.39, 0.29) is 21.7 Å². The van der Waals surface area contributed by atoms with Gasteiger partial charge in [0.15, 0.2) is 5.78 Å². The maximum absolute atomic E-state index is 13.8. The van der Waals surface area contributed by atoms with Gasteiger partial charge in [0.2, 0.25) is 0 Å². The largest absolute Gasteiger partial charge is 0.478 e. The molecule has 0 aliphatic rings. The summed E-state index contributed by atoms with van der Waals surface area (Å²) in [6.07, 6.45) is 0. The summed E-state index contributed by atoms with van der Waals surface area (Å²) < 4.78 is 14.2. The zero-order valence-corrected chi connectivity index (χ0v) is 12.2. The minimum atomic E-state index is -1.25. The number of benzene rings is 2. The number of carbonyl (C=O) groups is 2. The molecule has 0 unspecified atom stereocenters. The fourth-order valence-corrected chi connectivity index (χ4v) is 2.19. The van der Waals surface area contributed by atoms with Crippen molar-refractivity contribution >= 4 is 39.3 Å². The Labute approximate surface area is 127 Å². The standard InChI is InChI=1S/C14H7BrClFO3/c15-10-6-12(17)9(5-11(10)16)13(18)7-3-1-2-4-8(7)14(19)20/h1-6H,(H,19,20). The quantitative estimate of drug-likeness (QED) is 0.662. The molecule has 0 aliphatic heterocycles. The van der Waals surface area contributed by atoms with Gasteiger partial charge in [-0.1, -0.05) is 29.8 Å². The summed E-state index contributed by atoms with van der Waals surface area (Å²) in [5.41, 5.74) is -0.542. The predicted molar refractivity (Wildman–Crippen MR) is 75.9 cm³/mol. The lowest BCUT2D eigenvalue weighted by molar-refractivity contribution is 0.0692. The molecule has 0 atom stereocenters. The number of carboxylic acids is 1. The van der Waals surface area contributed by atoms with E-state index in [2.05, 4.69) is 15.9 Å². The minimum Gasteiger partial charge on any atom is -0.478 e. The molecule has 2 aromatic rings. The van der Waals surface area contributed by atoms with Crippen LogP contribution in [0.3, 0.4) is 0 Å². The second kappa shape index (κ2) is 5.73. The third-order valence-corrected chi connectivity index (χ3v) is 3.85. The highest BCUT2D eigenvalue weighted by Crippen LogP contribution is 2.27. The van der Waals surface area contributed by atoms with E-state index in [1.165, 1.54) is 30.3 Å². The van der Waals surface area contributed by atoms with E-state index in [0.717, 1.165) is 6.07 Å². The van der Waals surface area contributed by atoms with Crippen LogP contribution in [0.5, 0.6) is 0 Å². The van der Waals surface area contributed by atoms with Crippen LogP contribution in [0.15, 0.2) is 40.9 Å². The molecule has 0 saturated carbocycles. The molecule has 102 valence electrons. The van der Waals surface area contributed by atoms with Crippen molar-refractivity contribution < 1.29 is 19.1 Å². The molecule has 0 amide bonds. The molecular formula is C14H7BrClFO3. The molecule has 2 rings (SSSR count). The van der Waals surface area contributed by atoms with Gasteiger partial charge in [0.1, 0.15) is 5.82 Å². The van der Waals surface area contributed by atoms with Gasteiger partial charge < -0.3 is 5.11 Å². The lowest BCUT2D eigenvalue weighted by atomic mass is 9.98. The lowest BCUT2D eigenvalue weighted by Gasteiger charge is -2.07. The Hall–Kier alpha value is -1.72. The SMILES string of the molecule is O=C(O)c1ccccc1C(=O)c1cc(Cl)c(Br)cc1F. The first-order valence-electron chi connectivity index (χ1n) is 5.43. The van der Waals surface area contributed by atoms with Gasteiger partial charge in [0, 0.05) is 10.0 Å². The van der Waals surface area contributed by atoms with Gasteiger partial charge in [-0.25, -0.2) is 9.18 Å². The number of aromatic carboxylic acids is 1. The van der Waals surface area contributed by atoms with E-state index in [4.69, 9.17) is 16.7 Å². The highest BCUT2D eigenvalue weighted by atomic mass is 79.9. The zero-order chi connectivity index (χ0) is 14.9. The van der Waals surface area contributed by atoms with Gasteiger partial charge in [-0.2, -0.15) is 0 Å². The molecule has 0 radical (unpaired) electrons. The number of carboxylic acid groups (broad SMARTS) is 1. The zero-order valence-electron chi connectivity index (χ0n) is 9.86. The third kappa shape index (κ3) is 2.73. The topological polar surface area (TPSA) is 54.4 Å². The number of halogens is 3.